The van der Waals surface area contributed by atoms with Crippen LogP contribution in [0.3, 0.4) is 0 Å². The maximum Gasteiger partial charge on any atom is 0.242 e. The minimum absolute atomic E-state index is 0.0187. The normalized spacial score (nSPS) is 12.7. The van der Waals surface area contributed by atoms with Crippen LogP contribution in [0, 0.1) is 13.8 Å². The number of rotatable bonds is 6. The highest BCUT2D eigenvalue weighted by molar-refractivity contribution is 7.89. The number of nitrogens with two attached hydrogens (primary N) is 1. The van der Waals surface area contributed by atoms with Crippen molar-refractivity contribution in [1.29, 1.82) is 0 Å². The maximum atomic E-state index is 12.4. The Labute approximate surface area is 121 Å². The summed E-state index contributed by atoms with van der Waals surface area (Å²) in [6.07, 6.45) is 0.961. The molecule has 0 amide bonds. The SMILES string of the molecule is CCC(O)(CC)CNS(=O)(=O)c1c(C)ccc(C)c1N. The molecule has 0 spiro atoms. The average molecular weight is 300 g/mol. The zero-order valence-corrected chi connectivity index (χ0v) is 13.3. The van der Waals surface area contributed by atoms with Crippen molar-refractivity contribution in [2.75, 3.05) is 12.3 Å². The van der Waals surface area contributed by atoms with Crippen molar-refractivity contribution in [3.63, 3.8) is 0 Å². The number of anilines is 1. The number of aliphatic hydroxyl groups is 1. The predicted molar refractivity (Wildman–Crippen MR) is 81.0 cm³/mol. The molecule has 0 heterocycles. The molecule has 0 unspecified atom stereocenters. The van der Waals surface area contributed by atoms with Gasteiger partial charge in [0.05, 0.1) is 11.3 Å². The molecule has 0 aliphatic rings. The molecule has 5 nitrogen and oxygen atoms in total. The molecule has 6 heteroatoms. The Kier molecular flexibility index (Phi) is 5.18. The monoisotopic (exact) mass is 300 g/mol. The van der Waals surface area contributed by atoms with E-state index in [-0.39, 0.29) is 17.1 Å². The first-order valence-electron chi connectivity index (χ1n) is 6.74. The van der Waals surface area contributed by atoms with Crippen molar-refractivity contribution >= 4 is 15.7 Å². The largest absolute Gasteiger partial charge is 0.397 e. The first-order chi connectivity index (χ1) is 9.17. The van der Waals surface area contributed by atoms with Crippen LogP contribution in [0.4, 0.5) is 5.69 Å². The number of nitrogens with one attached hydrogen (secondary N) is 1. The van der Waals surface area contributed by atoms with Crippen LogP contribution in [0.15, 0.2) is 17.0 Å². The van der Waals surface area contributed by atoms with Gasteiger partial charge in [-0.25, -0.2) is 13.1 Å². The summed E-state index contributed by atoms with van der Waals surface area (Å²) in [5.74, 6) is 0. The van der Waals surface area contributed by atoms with Crippen LogP contribution < -0.4 is 10.5 Å². The second-order valence-corrected chi connectivity index (χ2v) is 6.90. The van der Waals surface area contributed by atoms with Crippen LogP contribution in [-0.2, 0) is 10.0 Å². The Hall–Kier alpha value is -1.11. The van der Waals surface area contributed by atoms with Crippen LogP contribution in [-0.4, -0.2) is 25.7 Å². The molecule has 114 valence electrons. The molecule has 20 heavy (non-hydrogen) atoms. The van der Waals surface area contributed by atoms with E-state index in [1.54, 1.807) is 26.0 Å². The highest BCUT2D eigenvalue weighted by Crippen LogP contribution is 2.26. The fraction of sp³-hybridized carbons (Fsp3) is 0.571. The van der Waals surface area contributed by atoms with E-state index < -0.39 is 15.6 Å². The molecule has 0 saturated heterocycles. The molecule has 0 aliphatic heterocycles. The van der Waals surface area contributed by atoms with Crippen molar-refractivity contribution in [1.82, 2.24) is 4.72 Å². The highest BCUT2D eigenvalue weighted by atomic mass is 32.2. The van der Waals surface area contributed by atoms with Gasteiger partial charge in [-0.3, -0.25) is 0 Å². The van der Waals surface area contributed by atoms with Gasteiger partial charge in [0.1, 0.15) is 4.90 Å². The average Bonchev–Trinajstić information content (AvgIpc) is 2.40. The Morgan fingerprint density at radius 2 is 1.70 bits per heavy atom. The number of nitrogen functional groups attached to an aromatic ring is 1. The lowest BCUT2D eigenvalue weighted by molar-refractivity contribution is 0.0377. The van der Waals surface area contributed by atoms with E-state index in [0.29, 0.717) is 18.4 Å². The van der Waals surface area contributed by atoms with E-state index >= 15 is 0 Å². The second-order valence-electron chi connectivity index (χ2n) is 5.20. The molecule has 0 fully saturated rings. The van der Waals surface area contributed by atoms with E-state index in [1.807, 2.05) is 13.8 Å². The number of benzene rings is 1. The van der Waals surface area contributed by atoms with Crippen LogP contribution in [0.25, 0.3) is 0 Å². The fourth-order valence-electron chi connectivity index (χ4n) is 1.97. The third kappa shape index (κ3) is 3.50. The van der Waals surface area contributed by atoms with Gasteiger partial charge >= 0.3 is 0 Å². The summed E-state index contributed by atoms with van der Waals surface area (Å²) in [6, 6.07) is 3.52. The fourth-order valence-corrected chi connectivity index (χ4v) is 3.51. The van der Waals surface area contributed by atoms with Gasteiger partial charge in [-0.15, -0.1) is 0 Å². The first-order valence-corrected chi connectivity index (χ1v) is 8.23. The number of hydrogen-bond donors (Lipinski definition) is 3. The molecule has 1 rings (SSSR count). The van der Waals surface area contributed by atoms with Gasteiger partial charge in [0.2, 0.25) is 10.0 Å². The molecule has 1 aromatic rings. The lowest BCUT2D eigenvalue weighted by Crippen LogP contribution is -2.42. The molecule has 0 bridgehead atoms. The number of sulfonamides is 1. The molecular weight excluding hydrogens is 276 g/mol. The summed E-state index contributed by atoms with van der Waals surface area (Å²) in [5, 5.41) is 10.2. The number of hydrogen-bond acceptors (Lipinski definition) is 4. The molecule has 4 N–H and O–H groups in total. The zero-order valence-electron chi connectivity index (χ0n) is 12.5. The Balaban J connectivity index is 3.10. The van der Waals surface area contributed by atoms with E-state index in [1.165, 1.54) is 0 Å². The zero-order chi connectivity index (χ0) is 15.6. The van der Waals surface area contributed by atoms with Gasteiger partial charge in [0, 0.05) is 6.54 Å². The third-order valence-electron chi connectivity index (χ3n) is 3.79. The quantitative estimate of drug-likeness (QED) is 0.697. The molecule has 0 aliphatic carbocycles. The Bertz CT molecular complexity index is 578. The summed E-state index contributed by atoms with van der Waals surface area (Å²) in [4.78, 5) is 0.104. The summed E-state index contributed by atoms with van der Waals surface area (Å²) in [6.45, 7) is 7.10. The molecule has 0 atom stereocenters. The third-order valence-corrected chi connectivity index (χ3v) is 5.39. The minimum atomic E-state index is -3.73. The van der Waals surface area contributed by atoms with Gasteiger partial charge in [-0.1, -0.05) is 26.0 Å². The van der Waals surface area contributed by atoms with Gasteiger partial charge in [-0.05, 0) is 37.8 Å². The summed E-state index contributed by atoms with van der Waals surface area (Å²) in [7, 11) is -3.73. The van der Waals surface area contributed by atoms with Gasteiger partial charge in [0.15, 0.2) is 0 Å². The van der Waals surface area contributed by atoms with Crippen molar-refractivity contribution in [2.45, 2.75) is 51.0 Å². The van der Waals surface area contributed by atoms with Crippen molar-refractivity contribution in [2.24, 2.45) is 0 Å². The van der Waals surface area contributed by atoms with Crippen molar-refractivity contribution < 1.29 is 13.5 Å². The Morgan fingerprint density at radius 3 is 2.20 bits per heavy atom. The topological polar surface area (TPSA) is 92.4 Å². The van der Waals surface area contributed by atoms with Crippen molar-refractivity contribution in [3.05, 3.63) is 23.3 Å². The maximum absolute atomic E-state index is 12.4. The summed E-state index contributed by atoms with van der Waals surface area (Å²) >= 11 is 0. The van der Waals surface area contributed by atoms with E-state index in [4.69, 9.17) is 5.73 Å². The first kappa shape index (κ1) is 16.9. The van der Waals surface area contributed by atoms with E-state index in [2.05, 4.69) is 4.72 Å². The molecule has 0 aromatic heterocycles. The van der Waals surface area contributed by atoms with Crippen LogP contribution in [0.1, 0.15) is 37.8 Å². The minimum Gasteiger partial charge on any atom is -0.397 e. The van der Waals surface area contributed by atoms with Crippen LogP contribution in [0.2, 0.25) is 0 Å². The highest BCUT2D eigenvalue weighted by Gasteiger charge is 2.27. The van der Waals surface area contributed by atoms with Crippen molar-refractivity contribution in [3.8, 4) is 0 Å². The summed E-state index contributed by atoms with van der Waals surface area (Å²) in [5.41, 5.74) is 6.44. The lowest BCUT2D eigenvalue weighted by Gasteiger charge is -2.25. The predicted octanol–water partition coefficient (Wildman–Crippen LogP) is 1.72. The van der Waals surface area contributed by atoms with Gasteiger partial charge in [-0.2, -0.15) is 0 Å². The van der Waals surface area contributed by atoms with Crippen LogP contribution in [0.5, 0.6) is 0 Å². The van der Waals surface area contributed by atoms with Gasteiger partial charge in [0.25, 0.3) is 0 Å². The van der Waals surface area contributed by atoms with Gasteiger partial charge < -0.3 is 10.8 Å². The Morgan fingerprint density at radius 1 is 1.20 bits per heavy atom. The second kappa shape index (κ2) is 6.11. The smallest absolute Gasteiger partial charge is 0.242 e. The summed E-state index contributed by atoms with van der Waals surface area (Å²) < 4.78 is 27.3. The van der Waals surface area contributed by atoms with E-state index in [0.717, 1.165) is 5.56 Å². The lowest BCUT2D eigenvalue weighted by atomic mass is 9.98. The van der Waals surface area contributed by atoms with E-state index in [9.17, 15) is 13.5 Å². The number of aryl methyl sites for hydroxylation is 2. The molecular formula is C14H24N2O3S. The standard InChI is InChI=1S/C14H24N2O3S/c1-5-14(17,6-2)9-16-20(18,19)13-11(4)8-7-10(3)12(13)15/h7-8,16-17H,5-6,9,15H2,1-4H3. The molecule has 1 aromatic carbocycles. The van der Waals surface area contributed by atoms with Crippen LogP contribution >= 0.6 is 0 Å². The molecule has 0 saturated carbocycles. The molecule has 0 radical (unpaired) electrons.